The van der Waals surface area contributed by atoms with Gasteiger partial charge in [0.1, 0.15) is 0 Å². The van der Waals surface area contributed by atoms with Gasteiger partial charge in [0, 0.05) is 37.9 Å². The van der Waals surface area contributed by atoms with E-state index in [0.29, 0.717) is 6.04 Å². The largest absolute Gasteiger partial charge is 0.354 e. The Balaban J connectivity index is 0.00000364. The van der Waals surface area contributed by atoms with Crippen LogP contribution in [0, 0.1) is 0 Å². The van der Waals surface area contributed by atoms with Gasteiger partial charge in [0.15, 0.2) is 5.96 Å². The minimum absolute atomic E-state index is 0. The van der Waals surface area contributed by atoms with Gasteiger partial charge in [-0.25, -0.2) is 0 Å². The molecule has 1 aromatic carbocycles. The van der Waals surface area contributed by atoms with Crippen molar-refractivity contribution in [1.82, 2.24) is 20.4 Å². The number of hydrogen-bond acceptors (Lipinski definition) is 2. The van der Waals surface area contributed by atoms with Gasteiger partial charge in [-0.2, -0.15) is 5.10 Å². The van der Waals surface area contributed by atoms with E-state index in [2.05, 4.69) is 71.8 Å². The van der Waals surface area contributed by atoms with Gasteiger partial charge in [0.2, 0.25) is 0 Å². The number of guanidine groups is 1. The Morgan fingerprint density at radius 2 is 1.89 bits per heavy atom. The van der Waals surface area contributed by atoms with Crippen molar-refractivity contribution in [2.24, 2.45) is 12.0 Å². The van der Waals surface area contributed by atoms with Crippen LogP contribution in [0.15, 0.2) is 35.3 Å². The molecule has 0 saturated heterocycles. The zero-order chi connectivity index (χ0) is 18.9. The van der Waals surface area contributed by atoms with Crippen molar-refractivity contribution in [3.8, 4) is 0 Å². The van der Waals surface area contributed by atoms with Crippen LogP contribution in [0.5, 0.6) is 0 Å². The van der Waals surface area contributed by atoms with Crippen molar-refractivity contribution in [3.05, 3.63) is 52.8 Å². The topological polar surface area (TPSA) is 54.2 Å². The average molecular weight is 483 g/mol. The highest BCUT2D eigenvalue weighted by atomic mass is 127. The fourth-order valence-electron chi connectivity index (χ4n) is 3.29. The highest BCUT2D eigenvalue weighted by Gasteiger charge is 2.14. The van der Waals surface area contributed by atoms with Crippen molar-refractivity contribution in [2.75, 3.05) is 7.05 Å². The van der Waals surface area contributed by atoms with Gasteiger partial charge in [0.25, 0.3) is 0 Å². The average Bonchev–Trinajstić information content (AvgIpc) is 2.98. The van der Waals surface area contributed by atoms with E-state index in [1.165, 1.54) is 22.5 Å². The van der Waals surface area contributed by atoms with Crippen molar-refractivity contribution in [2.45, 2.75) is 59.0 Å². The molecule has 2 rings (SSSR count). The molecule has 0 aliphatic carbocycles. The molecule has 0 fully saturated rings. The zero-order valence-electron chi connectivity index (χ0n) is 17.2. The molecular weight excluding hydrogens is 449 g/mol. The Morgan fingerprint density at radius 3 is 2.48 bits per heavy atom. The van der Waals surface area contributed by atoms with Crippen LogP contribution >= 0.6 is 24.0 Å². The van der Waals surface area contributed by atoms with Gasteiger partial charge >= 0.3 is 0 Å². The monoisotopic (exact) mass is 483 g/mol. The lowest BCUT2D eigenvalue weighted by molar-refractivity contribution is 0.592. The summed E-state index contributed by atoms with van der Waals surface area (Å²) in [7, 11) is 3.85. The Morgan fingerprint density at radius 1 is 1.19 bits per heavy atom. The van der Waals surface area contributed by atoms with Gasteiger partial charge in [-0.05, 0) is 38.2 Å². The number of aryl methyl sites for hydroxylation is 3. The molecule has 1 unspecified atom stereocenters. The molecule has 1 atom stereocenters. The second-order valence-corrected chi connectivity index (χ2v) is 6.70. The lowest BCUT2D eigenvalue weighted by atomic mass is 10.1. The molecule has 27 heavy (non-hydrogen) atoms. The summed E-state index contributed by atoms with van der Waals surface area (Å²) in [4.78, 5) is 4.38. The highest BCUT2D eigenvalue weighted by molar-refractivity contribution is 14.0. The molecule has 1 heterocycles. The maximum absolute atomic E-state index is 4.64. The third-order valence-electron chi connectivity index (χ3n) is 4.78. The molecule has 0 bridgehead atoms. The standard InChI is InChI=1S/C21H33N5.HI/c1-6-19-18(20(7-2)26(5)25-19)15-23-21(22-4)24-16(3)13-14-17-11-9-8-10-12-17;/h8-12,16H,6-7,13-15H2,1-5H3,(H2,22,23,24);1H. The third-order valence-corrected chi connectivity index (χ3v) is 4.78. The number of halogens is 1. The van der Waals surface area contributed by atoms with Crippen molar-refractivity contribution < 1.29 is 0 Å². The first-order chi connectivity index (χ1) is 12.6. The smallest absolute Gasteiger partial charge is 0.191 e. The fourth-order valence-corrected chi connectivity index (χ4v) is 3.29. The van der Waals surface area contributed by atoms with E-state index in [9.17, 15) is 0 Å². The number of nitrogens with zero attached hydrogens (tertiary/aromatic N) is 3. The van der Waals surface area contributed by atoms with Gasteiger partial charge in [-0.15, -0.1) is 24.0 Å². The maximum atomic E-state index is 4.64. The van der Waals surface area contributed by atoms with Crippen LogP contribution in [0.3, 0.4) is 0 Å². The molecule has 0 spiro atoms. The van der Waals surface area contributed by atoms with Crippen molar-refractivity contribution in [3.63, 3.8) is 0 Å². The van der Waals surface area contributed by atoms with Gasteiger partial charge in [0.05, 0.1) is 5.69 Å². The molecule has 0 aliphatic heterocycles. The second-order valence-electron chi connectivity index (χ2n) is 6.70. The molecule has 0 aliphatic rings. The molecule has 150 valence electrons. The van der Waals surface area contributed by atoms with E-state index >= 15 is 0 Å². The number of rotatable bonds is 8. The van der Waals surface area contributed by atoms with E-state index < -0.39 is 0 Å². The van der Waals surface area contributed by atoms with Gasteiger partial charge < -0.3 is 10.6 Å². The molecule has 0 radical (unpaired) electrons. The Bertz CT molecular complexity index is 709. The van der Waals surface area contributed by atoms with Crippen LogP contribution in [0.25, 0.3) is 0 Å². The minimum Gasteiger partial charge on any atom is -0.354 e. The van der Waals surface area contributed by atoms with Crippen LogP contribution in [-0.4, -0.2) is 28.8 Å². The van der Waals surface area contributed by atoms with Crippen molar-refractivity contribution in [1.29, 1.82) is 0 Å². The predicted octanol–water partition coefficient (Wildman–Crippen LogP) is 3.85. The molecule has 0 amide bonds. The Kier molecular flexibility index (Phi) is 10.4. The van der Waals surface area contributed by atoms with Crippen molar-refractivity contribution >= 4 is 29.9 Å². The lowest BCUT2D eigenvalue weighted by Crippen LogP contribution is -2.42. The van der Waals surface area contributed by atoms with Crippen LogP contribution in [-0.2, 0) is 32.9 Å². The summed E-state index contributed by atoms with van der Waals surface area (Å²) in [5.41, 5.74) is 5.14. The summed E-state index contributed by atoms with van der Waals surface area (Å²) >= 11 is 0. The molecule has 1 aromatic heterocycles. The first-order valence-electron chi connectivity index (χ1n) is 9.63. The molecule has 0 saturated carbocycles. The van der Waals surface area contributed by atoms with E-state index in [0.717, 1.165) is 38.2 Å². The number of aliphatic imine (C=N–C) groups is 1. The minimum atomic E-state index is 0. The zero-order valence-corrected chi connectivity index (χ0v) is 19.6. The van der Waals surface area contributed by atoms with Gasteiger partial charge in [-0.1, -0.05) is 44.2 Å². The summed E-state index contributed by atoms with van der Waals surface area (Å²) in [6.45, 7) is 7.29. The summed E-state index contributed by atoms with van der Waals surface area (Å²) in [5.74, 6) is 0.846. The summed E-state index contributed by atoms with van der Waals surface area (Å²) < 4.78 is 2.01. The summed E-state index contributed by atoms with van der Waals surface area (Å²) in [5, 5.41) is 11.6. The van der Waals surface area contributed by atoms with Crippen LogP contribution in [0.4, 0.5) is 0 Å². The molecule has 5 nitrogen and oxygen atoms in total. The van der Waals surface area contributed by atoms with E-state index in [1.54, 1.807) is 0 Å². The van der Waals surface area contributed by atoms with E-state index in [1.807, 2.05) is 18.8 Å². The van der Waals surface area contributed by atoms with Crippen LogP contribution in [0.1, 0.15) is 49.7 Å². The molecule has 2 aromatic rings. The van der Waals surface area contributed by atoms with Gasteiger partial charge in [-0.3, -0.25) is 9.67 Å². The molecule has 2 N–H and O–H groups in total. The number of benzene rings is 1. The lowest BCUT2D eigenvalue weighted by Gasteiger charge is -2.18. The number of hydrogen-bond donors (Lipinski definition) is 2. The summed E-state index contributed by atoms with van der Waals surface area (Å²) in [6.07, 6.45) is 4.07. The second kappa shape index (κ2) is 12.0. The SMILES string of the molecule is CCc1nn(C)c(CC)c1CNC(=NC)NC(C)CCc1ccccc1.I. The first kappa shape index (κ1) is 23.5. The summed E-state index contributed by atoms with van der Waals surface area (Å²) in [6, 6.07) is 11.0. The van der Waals surface area contributed by atoms with E-state index in [4.69, 9.17) is 0 Å². The molecule has 6 heteroatoms. The normalized spacial score (nSPS) is 12.4. The number of aromatic nitrogens is 2. The first-order valence-corrected chi connectivity index (χ1v) is 9.63. The number of nitrogens with one attached hydrogen (secondary N) is 2. The highest BCUT2D eigenvalue weighted by Crippen LogP contribution is 2.15. The Hall–Kier alpha value is -1.57. The van der Waals surface area contributed by atoms with Crippen LogP contribution < -0.4 is 10.6 Å². The third kappa shape index (κ3) is 6.83. The maximum Gasteiger partial charge on any atom is 0.191 e. The Labute approximate surface area is 181 Å². The van der Waals surface area contributed by atoms with Crippen LogP contribution in [0.2, 0.25) is 0 Å². The predicted molar refractivity (Wildman–Crippen MR) is 125 cm³/mol. The van der Waals surface area contributed by atoms with E-state index in [-0.39, 0.29) is 24.0 Å². The fraction of sp³-hybridized carbons (Fsp3) is 0.524. The quantitative estimate of drug-likeness (QED) is 0.341. The molecular formula is C21H34IN5.